The quantitative estimate of drug-likeness (QED) is 0.555. The number of nitrogens with one attached hydrogen (secondary N) is 3. The fraction of sp³-hybridized carbons (Fsp3) is 0.333. The Labute approximate surface area is 181 Å². The number of ether oxygens (including phenoxy) is 1. The molecule has 3 rings (SSSR count). The molecule has 0 saturated carbocycles. The van der Waals surface area contributed by atoms with Crippen molar-refractivity contribution in [3.63, 3.8) is 0 Å². The monoisotopic (exact) mass is 446 g/mol. The van der Waals surface area contributed by atoms with E-state index in [1.807, 2.05) is 6.07 Å². The summed E-state index contributed by atoms with van der Waals surface area (Å²) >= 11 is 0. The molecule has 0 aromatic heterocycles. The van der Waals surface area contributed by atoms with E-state index in [4.69, 9.17) is 4.74 Å². The fourth-order valence-corrected chi connectivity index (χ4v) is 5.09. The number of hydrogen-bond acceptors (Lipinski definition) is 6. The molecule has 1 heterocycles. The molecule has 10 heteroatoms. The Balaban J connectivity index is 1.59. The SMILES string of the molecule is COc1ccccc1NCC(=O)NNC(=O)C1CCCCN1S(=O)(=O)c1ccccc1. The average molecular weight is 447 g/mol. The summed E-state index contributed by atoms with van der Waals surface area (Å²) in [6.45, 7) is 0.149. The summed E-state index contributed by atoms with van der Waals surface area (Å²) in [7, 11) is -2.29. The van der Waals surface area contributed by atoms with Gasteiger partial charge < -0.3 is 10.1 Å². The van der Waals surface area contributed by atoms with Gasteiger partial charge in [0.2, 0.25) is 10.0 Å². The first-order valence-electron chi connectivity index (χ1n) is 9.96. The Morgan fingerprint density at radius 1 is 1.03 bits per heavy atom. The Bertz CT molecular complexity index is 1010. The summed E-state index contributed by atoms with van der Waals surface area (Å²) in [5.41, 5.74) is 5.33. The molecule has 1 saturated heterocycles. The van der Waals surface area contributed by atoms with Crippen LogP contribution in [-0.4, -0.2) is 50.8 Å². The van der Waals surface area contributed by atoms with E-state index in [1.54, 1.807) is 36.4 Å². The number of hydrazine groups is 1. The first-order valence-corrected chi connectivity index (χ1v) is 11.4. The first kappa shape index (κ1) is 22.6. The van der Waals surface area contributed by atoms with Crippen molar-refractivity contribution in [1.29, 1.82) is 0 Å². The van der Waals surface area contributed by atoms with Crippen molar-refractivity contribution >= 4 is 27.5 Å². The van der Waals surface area contributed by atoms with Gasteiger partial charge in [0.05, 0.1) is 24.2 Å². The second-order valence-corrected chi connectivity index (χ2v) is 8.92. The van der Waals surface area contributed by atoms with E-state index in [2.05, 4.69) is 16.2 Å². The molecule has 9 nitrogen and oxygen atoms in total. The summed E-state index contributed by atoms with van der Waals surface area (Å²) < 4.78 is 32.4. The average Bonchev–Trinajstić information content (AvgIpc) is 2.81. The topological polar surface area (TPSA) is 117 Å². The maximum atomic E-state index is 13.0. The third-order valence-corrected chi connectivity index (χ3v) is 6.90. The van der Waals surface area contributed by atoms with Gasteiger partial charge in [-0.2, -0.15) is 4.31 Å². The summed E-state index contributed by atoms with van der Waals surface area (Å²) in [5, 5.41) is 2.93. The highest BCUT2D eigenvalue weighted by molar-refractivity contribution is 7.89. The van der Waals surface area contributed by atoms with E-state index in [-0.39, 0.29) is 18.0 Å². The molecule has 1 atom stereocenters. The molecule has 2 amide bonds. The predicted molar refractivity (Wildman–Crippen MR) is 116 cm³/mol. The predicted octanol–water partition coefficient (Wildman–Crippen LogP) is 1.50. The number of rotatable bonds is 7. The van der Waals surface area contributed by atoms with Crippen LogP contribution in [0.15, 0.2) is 59.5 Å². The molecule has 1 aliphatic rings. The van der Waals surface area contributed by atoms with E-state index in [1.165, 1.54) is 23.5 Å². The van der Waals surface area contributed by atoms with E-state index >= 15 is 0 Å². The van der Waals surface area contributed by atoms with Crippen LogP contribution in [0.2, 0.25) is 0 Å². The van der Waals surface area contributed by atoms with Crippen LogP contribution in [0.3, 0.4) is 0 Å². The van der Waals surface area contributed by atoms with Gasteiger partial charge in [0.25, 0.3) is 11.8 Å². The molecule has 1 fully saturated rings. The molecule has 2 aromatic rings. The molecule has 1 aliphatic heterocycles. The molecule has 0 radical (unpaired) electrons. The van der Waals surface area contributed by atoms with Crippen molar-refractivity contribution in [2.24, 2.45) is 0 Å². The maximum absolute atomic E-state index is 13.0. The van der Waals surface area contributed by atoms with Crippen molar-refractivity contribution < 1.29 is 22.7 Å². The zero-order valence-electron chi connectivity index (χ0n) is 17.2. The molecule has 1 unspecified atom stereocenters. The van der Waals surface area contributed by atoms with Gasteiger partial charge in [-0.1, -0.05) is 36.8 Å². The summed E-state index contributed by atoms with van der Waals surface area (Å²) in [6.07, 6.45) is 1.78. The highest BCUT2D eigenvalue weighted by atomic mass is 32.2. The second-order valence-electron chi connectivity index (χ2n) is 7.03. The first-order chi connectivity index (χ1) is 14.9. The zero-order chi connectivity index (χ0) is 22.3. The van der Waals surface area contributed by atoms with Gasteiger partial charge in [0, 0.05) is 6.54 Å². The van der Waals surface area contributed by atoms with Crippen molar-refractivity contribution in [2.75, 3.05) is 25.5 Å². The van der Waals surface area contributed by atoms with E-state index in [0.29, 0.717) is 24.3 Å². The van der Waals surface area contributed by atoms with Gasteiger partial charge in [0.1, 0.15) is 11.8 Å². The van der Waals surface area contributed by atoms with Gasteiger partial charge in [-0.15, -0.1) is 0 Å². The van der Waals surface area contributed by atoms with Crippen LogP contribution in [0.5, 0.6) is 5.75 Å². The van der Waals surface area contributed by atoms with Crippen molar-refractivity contribution in [3.05, 3.63) is 54.6 Å². The van der Waals surface area contributed by atoms with Gasteiger partial charge in [-0.3, -0.25) is 20.4 Å². The van der Waals surface area contributed by atoms with Gasteiger partial charge in [0.15, 0.2) is 0 Å². The van der Waals surface area contributed by atoms with Crippen LogP contribution >= 0.6 is 0 Å². The number of methoxy groups -OCH3 is 1. The van der Waals surface area contributed by atoms with Crippen molar-refractivity contribution in [3.8, 4) is 5.75 Å². The maximum Gasteiger partial charge on any atom is 0.257 e. The van der Waals surface area contributed by atoms with Crippen LogP contribution in [0.4, 0.5) is 5.69 Å². The minimum absolute atomic E-state index is 0.0999. The Morgan fingerprint density at radius 2 is 1.74 bits per heavy atom. The van der Waals surface area contributed by atoms with Gasteiger partial charge >= 0.3 is 0 Å². The summed E-state index contributed by atoms with van der Waals surface area (Å²) in [6, 6.07) is 14.3. The van der Waals surface area contributed by atoms with Gasteiger partial charge in [-0.05, 0) is 37.1 Å². The highest BCUT2D eigenvalue weighted by Crippen LogP contribution is 2.25. The lowest BCUT2D eigenvalue weighted by atomic mass is 10.0. The normalized spacial score (nSPS) is 16.9. The highest BCUT2D eigenvalue weighted by Gasteiger charge is 2.37. The van der Waals surface area contributed by atoms with Crippen LogP contribution in [-0.2, 0) is 19.6 Å². The largest absolute Gasteiger partial charge is 0.495 e. The smallest absolute Gasteiger partial charge is 0.257 e. The minimum Gasteiger partial charge on any atom is -0.495 e. The lowest BCUT2D eigenvalue weighted by Gasteiger charge is -2.33. The lowest BCUT2D eigenvalue weighted by molar-refractivity contribution is -0.131. The molecule has 0 aliphatic carbocycles. The number of para-hydroxylation sites is 2. The molecular formula is C21H26N4O5S. The molecule has 0 spiro atoms. The van der Waals surface area contributed by atoms with E-state index in [9.17, 15) is 18.0 Å². The molecule has 3 N–H and O–H groups in total. The lowest BCUT2D eigenvalue weighted by Crippen LogP contribution is -2.55. The van der Waals surface area contributed by atoms with E-state index < -0.39 is 27.9 Å². The Kier molecular flexibility index (Phi) is 7.48. The molecule has 166 valence electrons. The van der Waals surface area contributed by atoms with Crippen LogP contribution < -0.4 is 20.9 Å². The molecule has 31 heavy (non-hydrogen) atoms. The number of benzene rings is 2. The van der Waals surface area contributed by atoms with Gasteiger partial charge in [-0.25, -0.2) is 8.42 Å². The molecular weight excluding hydrogens is 420 g/mol. The number of anilines is 1. The van der Waals surface area contributed by atoms with E-state index in [0.717, 1.165) is 6.42 Å². The number of sulfonamides is 1. The third-order valence-electron chi connectivity index (χ3n) is 4.98. The number of carbonyl (C=O) groups excluding carboxylic acids is 2. The summed E-state index contributed by atoms with van der Waals surface area (Å²) in [4.78, 5) is 25.0. The number of carbonyl (C=O) groups is 2. The van der Waals surface area contributed by atoms with Crippen LogP contribution in [0, 0.1) is 0 Å². The number of piperidine rings is 1. The minimum atomic E-state index is -3.82. The standard InChI is InChI=1S/C21H26N4O5S/c1-30-19-13-6-5-11-17(19)22-15-20(26)23-24-21(27)18-12-7-8-14-25(18)31(28,29)16-9-3-2-4-10-16/h2-6,9-11,13,18,22H,7-8,12,14-15H2,1H3,(H,23,26)(H,24,27). The Morgan fingerprint density at radius 3 is 2.48 bits per heavy atom. The van der Waals surface area contributed by atoms with Crippen molar-refractivity contribution in [2.45, 2.75) is 30.2 Å². The number of hydrogen-bond donors (Lipinski definition) is 3. The van der Waals surface area contributed by atoms with Crippen molar-refractivity contribution in [1.82, 2.24) is 15.2 Å². The number of amides is 2. The molecule has 0 bridgehead atoms. The van der Waals surface area contributed by atoms with Crippen LogP contribution in [0.25, 0.3) is 0 Å². The Hall–Kier alpha value is -3.11. The third kappa shape index (κ3) is 5.53. The zero-order valence-corrected chi connectivity index (χ0v) is 18.0. The molecule has 2 aromatic carbocycles. The number of nitrogens with zero attached hydrogens (tertiary/aromatic N) is 1. The van der Waals surface area contributed by atoms with Crippen LogP contribution in [0.1, 0.15) is 19.3 Å². The summed E-state index contributed by atoms with van der Waals surface area (Å²) in [5.74, 6) is -0.458. The second kappa shape index (κ2) is 10.3. The fourth-order valence-electron chi connectivity index (χ4n) is 3.41.